The Morgan fingerprint density at radius 1 is 0.962 bits per heavy atom. The zero-order chi connectivity index (χ0) is 18.1. The summed E-state index contributed by atoms with van der Waals surface area (Å²) in [6.45, 7) is 2.04. The van der Waals surface area contributed by atoms with E-state index in [0.29, 0.717) is 17.4 Å². The lowest BCUT2D eigenvalue weighted by Crippen LogP contribution is -2.07. The number of hydrogen-bond donors (Lipinski definition) is 0. The molecule has 0 fully saturated rings. The van der Waals surface area contributed by atoms with Crippen LogP contribution in [0.25, 0.3) is 28.7 Å². The van der Waals surface area contributed by atoms with E-state index in [4.69, 9.17) is 4.52 Å². The van der Waals surface area contributed by atoms with Crippen molar-refractivity contribution in [3.8, 4) is 28.7 Å². The summed E-state index contributed by atoms with van der Waals surface area (Å²) >= 11 is 0. The molecule has 2 heterocycles. The van der Waals surface area contributed by atoms with E-state index < -0.39 is 0 Å². The zero-order valence-electron chi connectivity index (χ0n) is 14.8. The van der Waals surface area contributed by atoms with Crippen molar-refractivity contribution in [3.05, 3.63) is 60.3 Å². The molecule has 0 saturated heterocycles. The fourth-order valence-electron chi connectivity index (χ4n) is 2.54. The molecule has 0 bridgehead atoms. The van der Waals surface area contributed by atoms with Gasteiger partial charge in [0.25, 0.3) is 5.89 Å². The Bertz CT molecular complexity index is 1010. The van der Waals surface area contributed by atoms with E-state index in [2.05, 4.69) is 20.5 Å². The minimum atomic E-state index is 0.412. The van der Waals surface area contributed by atoms with Gasteiger partial charge in [-0.05, 0) is 43.3 Å². The van der Waals surface area contributed by atoms with E-state index in [-0.39, 0.29) is 0 Å². The Labute approximate surface area is 150 Å². The average Bonchev–Trinajstić information content (AvgIpc) is 3.32. The van der Waals surface area contributed by atoms with Gasteiger partial charge in [0.05, 0.1) is 11.9 Å². The van der Waals surface area contributed by atoms with Crippen LogP contribution in [0.15, 0.2) is 59.3 Å². The van der Waals surface area contributed by atoms with Gasteiger partial charge in [-0.3, -0.25) is 0 Å². The highest BCUT2D eigenvalue weighted by molar-refractivity contribution is 5.61. The quantitative estimate of drug-likeness (QED) is 0.564. The lowest BCUT2D eigenvalue weighted by Gasteiger charge is -2.11. The van der Waals surface area contributed by atoms with Gasteiger partial charge in [-0.1, -0.05) is 28.1 Å². The monoisotopic (exact) mass is 346 g/mol. The number of hydrogen-bond acceptors (Lipinski definition) is 6. The van der Waals surface area contributed by atoms with Gasteiger partial charge in [0.2, 0.25) is 5.82 Å². The van der Waals surface area contributed by atoms with Gasteiger partial charge in [-0.25, -0.2) is 4.68 Å². The first kappa shape index (κ1) is 16.0. The van der Waals surface area contributed by atoms with Crippen LogP contribution < -0.4 is 4.90 Å². The van der Waals surface area contributed by atoms with Crippen molar-refractivity contribution < 1.29 is 4.52 Å². The van der Waals surface area contributed by atoms with Crippen molar-refractivity contribution in [1.29, 1.82) is 0 Å². The van der Waals surface area contributed by atoms with Crippen molar-refractivity contribution >= 4 is 5.69 Å². The molecule has 2 aromatic carbocycles. The number of aromatic nitrogens is 5. The highest BCUT2D eigenvalue weighted by Crippen LogP contribution is 2.23. The third-order valence-electron chi connectivity index (χ3n) is 4.08. The third-order valence-corrected chi connectivity index (χ3v) is 4.08. The minimum Gasteiger partial charge on any atom is -0.378 e. The molecule has 4 aromatic rings. The van der Waals surface area contributed by atoms with E-state index in [9.17, 15) is 0 Å². The van der Waals surface area contributed by atoms with E-state index in [0.717, 1.165) is 16.9 Å². The predicted octanol–water partition coefficient (Wildman–Crippen LogP) is 3.36. The van der Waals surface area contributed by atoms with Crippen LogP contribution >= 0.6 is 0 Å². The molecule has 0 aliphatic carbocycles. The van der Waals surface area contributed by atoms with Gasteiger partial charge in [0, 0.05) is 25.3 Å². The van der Waals surface area contributed by atoms with Crippen LogP contribution in [0.5, 0.6) is 0 Å². The maximum atomic E-state index is 5.38. The fraction of sp³-hybridized carbons (Fsp3) is 0.158. The first-order valence-electron chi connectivity index (χ1n) is 8.21. The van der Waals surface area contributed by atoms with Gasteiger partial charge in [-0.2, -0.15) is 4.98 Å². The van der Waals surface area contributed by atoms with Crippen molar-refractivity contribution in [2.24, 2.45) is 0 Å². The number of anilines is 1. The standard InChI is InChI=1S/C19H18N6O/c1-13-4-8-16(9-5-13)25-12-17(21-23-25)18-20-19(26-22-18)14-6-10-15(11-7-14)24(2)3/h4-12H,1-3H3. The molecule has 0 aliphatic heterocycles. The summed E-state index contributed by atoms with van der Waals surface area (Å²) in [7, 11) is 3.99. The molecule has 0 saturated carbocycles. The van der Waals surface area contributed by atoms with Crippen LogP contribution in [-0.2, 0) is 0 Å². The van der Waals surface area contributed by atoms with E-state index >= 15 is 0 Å². The Kier molecular flexibility index (Phi) is 3.96. The number of benzene rings is 2. The SMILES string of the molecule is Cc1ccc(-n2cc(-c3noc(-c4ccc(N(C)C)cc4)n3)nn2)cc1. The smallest absolute Gasteiger partial charge is 0.258 e. The maximum absolute atomic E-state index is 5.38. The van der Waals surface area contributed by atoms with Crippen LogP contribution in [-0.4, -0.2) is 39.2 Å². The Morgan fingerprint density at radius 2 is 1.69 bits per heavy atom. The average molecular weight is 346 g/mol. The lowest BCUT2D eigenvalue weighted by atomic mass is 10.2. The topological polar surface area (TPSA) is 72.9 Å². The van der Waals surface area contributed by atoms with E-state index in [1.54, 1.807) is 10.9 Å². The van der Waals surface area contributed by atoms with Gasteiger partial charge in [0.15, 0.2) is 5.69 Å². The van der Waals surface area contributed by atoms with Crippen LogP contribution in [0, 0.1) is 6.92 Å². The molecule has 7 heteroatoms. The molecule has 7 nitrogen and oxygen atoms in total. The first-order chi connectivity index (χ1) is 12.6. The Balaban J connectivity index is 1.59. The molecule has 2 aromatic heterocycles. The molecule has 0 atom stereocenters. The fourth-order valence-corrected chi connectivity index (χ4v) is 2.54. The second-order valence-electron chi connectivity index (χ2n) is 6.25. The molecule has 0 aliphatic rings. The molecule has 130 valence electrons. The molecule has 0 radical (unpaired) electrons. The Morgan fingerprint density at radius 3 is 2.38 bits per heavy atom. The van der Waals surface area contributed by atoms with Gasteiger partial charge in [0.1, 0.15) is 0 Å². The second kappa shape index (κ2) is 6.44. The van der Waals surface area contributed by atoms with Crippen molar-refractivity contribution in [3.63, 3.8) is 0 Å². The molecule has 0 N–H and O–H groups in total. The van der Waals surface area contributed by atoms with Gasteiger partial charge in [-0.15, -0.1) is 5.10 Å². The third kappa shape index (κ3) is 3.06. The molecule has 0 amide bonds. The predicted molar refractivity (Wildman–Crippen MR) is 99.2 cm³/mol. The van der Waals surface area contributed by atoms with Crippen molar-refractivity contribution in [2.45, 2.75) is 6.92 Å². The number of rotatable bonds is 4. The van der Waals surface area contributed by atoms with Crippen LogP contribution in [0.2, 0.25) is 0 Å². The number of nitrogens with zero attached hydrogens (tertiary/aromatic N) is 6. The Hall–Kier alpha value is -3.48. The summed E-state index contributed by atoms with van der Waals surface area (Å²) in [5, 5.41) is 12.3. The van der Waals surface area contributed by atoms with E-state index in [1.165, 1.54) is 5.56 Å². The molecular weight excluding hydrogens is 328 g/mol. The van der Waals surface area contributed by atoms with Crippen molar-refractivity contribution in [1.82, 2.24) is 25.1 Å². The molecule has 26 heavy (non-hydrogen) atoms. The van der Waals surface area contributed by atoms with Crippen LogP contribution in [0.1, 0.15) is 5.56 Å². The number of aryl methyl sites for hydroxylation is 1. The summed E-state index contributed by atoms with van der Waals surface area (Å²) in [5.41, 5.74) is 4.65. The van der Waals surface area contributed by atoms with Gasteiger partial charge >= 0.3 is 0 Å². The van der Waals surface area contributed by atoms with E-state index in [1.807, 2.05) is 74.4 Å². The first-order valence-corrected chi connectivity index (χ1v) is 8.21. The largest absolute Gasteiger partial charge is 0.378 e. The van der Waals surface area contributed by atoms with Crippen LogP contribution in [0.4, 0.5) is 5.69 Å². The second-order valence-corrected chi connectivity index (χ2v) is 6.25. The summed E-state index contributed by atoms with van der Waals surface area (Å²) < 4.78 is 7.08. The lowest BCUT2D eigenvalue weighted by molar-refractivity contribution is 0.432. The molecular formula is C19H18N6O. The normalized spacial score (nSPS) is 10.9. The van der Waals surface area contributed by atoms with Gasteiger partial charge < -0.3 is 9.42 Å². The summed E-state index contributed by atoms with van der Waals surface area (Å²) in [6, 6.07) is 16.0. The highest BCUT2D eigenvalue weighted by atomic mass is 16.5. The van der Waals surface area contributed by atoms with Crippen molar-refractivity contribution in [2.75, 3.05) is 19.0 Å². The summed E-state index contributed by atoms with van der Waals surface area (Å²) in [5.74, 6) is 0.866. The highest BCUT2D eigenvalue weighted by Gasteiger charge is 2.14. The zero-order valence-corrected chi connectivity index (χ0v) is 14.8. The summed E-state index contributed by atoms with van der Waals surface area (Å²) in [6.07, 6.45) is 1.79. The molecule has 0 unspecified atom stereocenters. The maximum Gasteiger partial charge on any atom is 0.258 e. The van der Waals surface area contributed by atoms with Crippen LogP contribution in [0.3, 0.4) is 0 Å². The minimum absolute atomic E-state index is 0.412. The summed E-state index contributed by atoms with van der Waals surface area (Å²) in [4.78, 5) is 6.47. The molecule has 0 spiro atoms. The molecule has 4 rings (SSSR count).